The predicted molar refractivity (Wildman–Crippen MR) is 82.3 cm³/mol. The molecule has 4 atom stereocenters. The maximum absolute atomic E-state index is 12.8. The summed E-state index contributed by atoms with van der Waals surface area (Å²) in [5.41, 5.74) is 0.592. The number of halogens is 1. The molecule has 2 aromatic rings. The Kier molecular flexibility index (Phi) is 4.76. The van der Waals surface area contributed by atoms with Gasteiger partial charge in [-0.25, -0.2) is 4.98 Å². The highest BCUT2D eigenvalue weighted by atomic mass is 32.2. The van der Waals surface area contributed by atoms with Crippen molar-refractivity contribution in [3.05, 3.63) is 42.6 Å². The number of rotatable bonds is 3. The number of aromatic nitrogens is 2. The Balaban J connectivity index is 1.69. The first-order valence-electron chi connectivity index (χ1n) is 6.95. The fourth-order valence-corrected chi connectivity index (χ4v) is 3.29. The van der Waals surface area contributed by atoms with Crippen LogP contribution in [0.5, 0.6) is 5.75 Å². The molecule has 0 aromatic carbocycles. The molecule has 122 valence electrons. The average Bonchev–Trinajstić information content (AvgIpc) is 2.57. The highest BCUT2D eigenvalue weighted by Crippen LogP contribution is 2.29. The summed E-state index contributed by atoms with van der Waals surface area (Å²) in [5, 5.41) is 29.1. The van der Waals surface area contributed by atoms with Gasteiger partial charge in [-0.05, 0) is 24.3 Å². The van der Waals surface area contributed by atoms with Crippen LogP contribution in [0.25, 0.3) is 11.3 Å². The monoisotopic (exact) mass is 338 g/mol. The predicted octanol–water partition coefficient (Wildman–Crippen LogP) is 0.817. The lowest BCUT2D eigenvalue weighted by atomic mass is 10.1. The van der Waals surface area contributed by atoms with E-state index in [-0.39, 0.29) is 5.75 Å². The van der Waals surface area contributed by atoms with Gasteiger partial charge in [0.25, 0.3) is 0 Å². The molecule has 2 aromatic heterocycles. The van der Waals surface area contributed by atoms with Crippen LogP contribution < -0.4 is 4.74 Å². The molecule has 0 saturated carbocycles. The first-order chi connectivity index (χ1) is 11.0. The fraction of sp³-hybridized carbons (Fsp3) is 0.333. The summed E-state index contributed by atoms with van der Waals surface area (Å²) in [7, 11) is 0. The Morgan fingerprint density at radius 1 is 1.04 bits per heavy atom. The summed E-state index contributed by atoms with van der Waals surface area (Å²) in [5.74, 6) is 0.136. The zero-order chi connectivity index (χ0) is 16.4. The van der Waals surface area contributed by atoms with Crippen molar-refractivity contribution in [2.45, 2.75) is 23.7 Å². The summed E-state index contributed by atoms with van der Waals surface area (Å²) >= 11 is 1.22. The largest absolute Gasteiger partial charge is 0.475 e. The molecule has 23 heavy (non-hydrogen) atoms. The van der Waals surface area contributed by atoms with Crippen molar-refractivity contribution in [2.75, 3.05) is 5.75 Å². The summed E-state index contributed by atoms with van der Waals surface area (Å²) in [4.78, 5) is 7.78. The molecule has 3 N–H and O–H groups in total. The van der Waals surface area contributed by atoms with E-state index in [0.717, 1.165) is 0 Å². The molecule has 1 fully saturated rings. The number of aliphatic hydroxyl groups is 3. The molecule has 0 spiro atoms. The topological polar surface area (TPSA) is 95.7 Å². The molecule has 1 aliphatic rings. The SMILES string of the molecule is O[C@@H]1[C@@H](O)[C@@H](Oc2ccc(-c3ccc(F)nc3)nc2)SC[C@H]1O. The van der Waals surface area contributed by atoms with Crippen LogP contribution in [0.15, 0.2) is 36.7 Å². The molecule has 1 saturated heterocycles. The smallest absolute Gasteiger partial charge is 0.212 e. The second-order valence-electron chi connectivity index (χ2n) is 5.12. The van der Waals surface area contributed by atoms with E-state index in [9.17, 15) is 19.7 Å². The van der Waals surface area contributed by atoms with Crippen LogP contribution in [0.2, 0.25) is 0 Å². The minimum absolute atomic E-state index is 0.273. The zero-order valence-electron chi connectivity index (χ0n) is 11.9. The van der Waals surface area contributed by atoms with Crippen LogP contribution in [-0.4, -0.2) is 54.8 Å². The van der Waals surface area contributed by atoms with E-state index in [1.165, 1.54) is 30.2 Å². The number of hydrogen-bond donors (Lipinski definition) is 3. The molecule has 3 rings (SSSR count). The van der Waals surface area contributed by atoms with Gasteiger partial charge < -0.3 is 20.1 Å². The Bertz CT molecular complexity index is 656. The maximum atomic E-state index is 12.8. The first kappa shape index (κ1) is 16.1. The molecule has 0 bridgehead atoms. The molecule has 3 heterocycles. The van der Waals surface area contributed by atoms with Crippen LogP contribution in [-0.2, 0) is 0 Å². The molecular formula is C15H15FN2O4S. The quantitative estimate of drug-likeness (QED) is 0.713. The Morgan fingerprint density at radius 3 is 2.52 bits per heavy atom. The molecule has 8 heteroatoms. The zero-order valence-corrected chi connectivity index (χ0v) is 12.7. The van der Waals surface area contributed by atoms with Gasteiger partial charge in [0.15, 0.2) is 5.44 Å². The summed E-state index contributed by atoms with van der Waals surface area (Å²) < 4.78 is 18.4. The third kappa shape index (κ3) is 3.61. The number of pyridine rings is 2. The molecular weight excluding hydrogens is 323 g/mol. The highest BCUT2D eigenvalue weighted by Gasteiger charge is 2.38. The van der Waals surface area contributed by atoms with Crippen LogP contribution in [0.1, 0.15) is 0 Å². The van der Waals surface area contributed by atoms with Crippen molar-refractivity contribution in [1.82, 2.24) is 9.97 Å². The Labute approximate surface area is 136 Å². The average molecular weight is 338 g/mol. The van der Waals surface area contributed by atoms with E-state index >= 15 is 0 Å². The Hall–Kier alpha value is -1.74. The van der Waals surface area contributed by atoms with Crippen molar-refractivity contribution in [1.29, 1.82) is 0 Å². The van der Waals surface area contributed by atoms with E-state index in [1.54, 1.807) is 18.2 Å². The van der Waals surface area contributed by atoms with Crippen molar-refractivity contribution in [3.8, 4) is 17.0 Å². The van der Waals surface area contributed by atoms with E-state index < -0.39 is 29.7 Å². The van der Waals surface area contributed by atoms with Gasteiger partial charge in [0.1, 0.15) is 18.0 Å². The van der Waals surface area contributed by atoms with Crippen LogP contribution >= 0.6 is 11.8 Å². The number of nitrogens with zero attached hydrogens (tertiary/aromatic N) is 2. The van der Waals surface area contributed by atoms with Gasteiger partial charge in [0.2, 0.25) is 5.95 Å². The lowest BCUT2D eigenvalue weighted by Gasteiger charge is -2.34. The third-order valence-electron chi connectivity index (χ3n) is 3.47. The number of ether oxygens (including phenoxy) is 1. The summed E-state index contributed by atoms with van der Waals surface area (Å²) in [6, 6.07) is 6.18. The molecule has 0 radical (unpaired) electrons. The number of thioether (sulfide) groups is 1. The van der Waals surface area contributed by atoms with Gasteiger partial charge in [-0.1, -0.05) is 0 Å². The number of aliphatic hydroxyl groups excluding tert-OH is 3. The standard InChI is InChI=1S/C15H15FN2O4S/c16-12-4-1-8(5-18-12)10-3-2-9(6-17-10)22-15-14(21)13(20)11(19)7-23-15/h1-6,11,13-15,19-21H,7H2/t11-,13+,14-,15+/m1/s1. The highest BCUT2D eigenvalue weighted by molar-refractivity contribution is 7.99. The lowest BCUT2D eigenvalue weighted by Crippen LogP contribution is -2.50. The van der Waals surface area contributed by atoms with Crippen LogP contribution in [0, 0.1) is 5.95 Å². The molecule has 0 aliphatic carbocycles. The molecule has 0 amide bonds. The van der Waals surface area contributed by atoms with Gasteiger partial charge in [-0.3, -0.25) is 4.98 Å². The maximum Gasteiger partial charge on any atom is 0.212 e. The van der Waals surface area contributed by atoms with E-state index in [1.807, 2.05) is 0 Å². The Morgan fingerprint density at radius 2 is 1.87 bits per heavy atom. The normalized spacial score (nSPS) is 27.7. The van der Waals surface area contributed by atoms with E-state index in [0.29, 0.717) is 17.0 Å². The van der Waals surface area contributed by atoms with Gasteiger partial charge in [0, 0.05) is 17.5 Å². The van der Waals surface area contributed by atoms with Crippen molar-refractivity contribution in [2.24, 2.45) is 0 Å². The third-order valence-corrected chi connectivity index (χ3v) is 4.70. The second kappa shape index (κ2) is 6.79. The summed E-state index contributed by atoms with van der Waals surface area (Å²) in [6.45, 7) is 0. The first-order valence-corrected chi connectivity index (χ1v) is 8.00. The molecule has 6 nitrogen and oxygen atoms in total. The minimum atomic E-state index is -1.24. The fourth-order valence-electron chi connectivity index (χ4n) is 2.17. The molecule has 0 unspecified atom stereocenters. The van der Waals surface area contributed by atoms with Gasteiger partial charge >= 0.3 is 0 Å². The molecule has 1 aliphatic heterocycles. The van der Waals surface area contributed by atoms with E-state index in [2.05, 4.69) is 9.97 Å². The van der Waals surface area contributed by atoms with Crippen molar-refractivity contribution >= 4 is 11.8 Å². The van der Waals surface area contributed by atoms with Gasteiger partial charge in [0.05, 0.1) is 18.0 Å². The minimum Gasteiger partial charge on any atom is -0.475 e. The van der Waals surface area contributed by atoms with Crippen molar-refractivity contribution < 1.29 is 24.4 Å². The van der Waals surface area contributed by atoms with E-state index in [4.69, 9.17) is 4.74 Å². The number of hydrogen-bond acceptors (Lipinski definition) is 7. The van der Waals surface area contributed by atoms with Crippen LogP contribution in [0.3, 0.4) is 0 Å². The van der Waals surface area contributed by atoms with Gasteiger partial charge in [-0.15, -0.1) is 11.8 Å². The summed E-state index contributed by atoms with van der Waals surface area (Å²) in [6.07, 6.45) is -0.537. The second-order valence-corrected chi connectivity index (χ2v) is 6.25. The van der Waals surface area contributed by atoms with Crippen molar-refractivity contribution in [3.63, 3.8) is 0 Å². The van der Waals surface area contributed by atoms with Gasteiger partial charge in [-0.2, -0.15) is 4.39 Å². The lowest BCUT2D eigenvalue weighted by molar-refractivity contribution is -0.0786. The van der Waals surface area contributed by atoms with Crippen LogP contribution in [0.4, 0.5) is 4.39 Å².